The highest BCUT2D eigenvalue weighted by atomic mass is 19.1. The monoisotopic (exact) mass is 268 g/mol. The number of amides is 1. The largest absolute Gasteiger partial charge is 0.389 e. The van der Waals surface area contributed by atoms with E-state index in [0.717, 1.165) is 0 Å². The molecule has 0 saturated carbocycles. The fraction of sp³-hybridized carbons (Fsp3) is 0.500. The lowest BCUT2D eigenvalue weighted by atomic mass is 10.0. The van der Waals surface area contributed by atoms with E-state index in [1.54, 1.807) is 17.0 Å². The Kier molecular flexibility index (Phi) is 5.30. The van der Waals surface area contributed by atoms with Gasteiger partial charge in [-0.15, -0.1) is 0 Å². The Morgan fingerprint density at radius 2 is 2.05 bits per heavy atom. The summed E-state index contributed by atoms with van der Waals surface area (Å²) in [4.78, 5) is 12.9. The topological polar surface area (TPSA) is 66.6 Å². The molecule has 0 spiro atoms. The Morgan fingerprint density at radius 1 is 1.42 bits per heavy atom. The molecule has 0 aliphatic heterocycles. The molecule has 0 fully saturated rings. The van der Waals surface area contributed by atoms with Crippen LogP contribution in [0.25, 0.3) is 0 Å². The fourth-order valence-corrected chi connectivity index (χ4v) is 2.09. The second-order valence-electron chi connectivity index (χ2n) is 5.09. The van der Waals surface area contributed by atoms with Gasteiger partial charge < -0.3 is 15.7 Å². The van der Waals surface area contributed by atoms with Gasteiger partial charge in [0.1, 0.15) is 5.82 Å². The number of nitrogens with zero attached hydrogens (tertiary/aromatic N) is 1. The molecule has 4 nitrogen and oxygen atoms in total. The Bertz CT molecular complexity index is 447. The number of hydrogen-bond acceptors (Lipinski definition) is 3. The molecule has 0 bridgehead atoms. The summed E-state index contributed by atoms with van der Waals surface area (Å²) >= 11 is 0. The van der Waals surface area contributed by atoms with E-state index < -0.39 is 17.8 Å². The summed E-state index contributed by atoms with van der Waals surface area (Å²) in [6, 6.07) is 4.55. The molecule has 3 N–H and O–H groups in total. The molecule has 0 unspecified atom stereocenters. The number of rotatable bonds is 6. The Morgan fingerprint density at radius 3 is 2.53 bits per heavy atom. The average molecular weight is 268 g/mol. The van der Waals surface area contributed by atoms with Crippen LogP contribution < -0.4 is 10.6 Å². The molecule has 106 valence electrons. The minimum absolute atomic E-state index is 0.00134. The number of anilines is 1. The molecule has 1 rings (SSSR count). The zero-order valence-corrected chi connectivity index (χ0v) is 11.6. The number of primary amides is 1. The van der Waals surface area contributed by atoms with E-state index in [1.807, 2.05) is 13.8 Å². The van der Waals surface area contributed by atoms with Crippen molar-refractivity contribution in [3.8, 4) is 0 Å². The van der Waals surface area contributed by atoms with Crippen LogP contribution in [0.5, 0.6) is 0 Å². The fourth-order valence-electron chi connectivity index (χ4n) is 2.09. The highest BCUT2D eigenvalue weighted by Crippen LogP contribution is 2.29. The molecular weight excluding hydrogens is 247 g/mol. The lowest BCUT2D eigenvalue weighted by molar-refractivity contribution is -0.116. The number of aliphatic hydroxyl groups is 1. The SMILES string of the molecule is CC(C)CN(CC(N)=O)c1cccc(F)c1[C@H](C)O. The Hall–Kier alpha value is -1.62. The minimum atomic E-state index is -0.946. The smallest absolute Gasteiger partial charge is 0.236 e. The first-order chi connectivity index (χ1) is 8.82. The molecule has 0 saturated heterocycles. The normalized spacial score (nSPS) is 12.5. The summed E-state index contributed by atoms with van der Waals surface area (Å²) in [5, 5.41) is 9.72. The molecule has 1 atom stereocenters. The first kappa shape index (κ1) is 15.4. The first-order valence-electron chi connectivity index (χ1n) is 6.32. The van der Waals surface area contributed by atoms with Gasteiger partial charge in [0, 0.05) is 17.8 Å². The standard InChI is InChI=1S/C14H21FN2O2/c1-9(2)7-17(8-13(16)19)12-6-4-5-11(15)14(12)10(3)18/h4-6,9-10,18H,7-8H2,1-3H3,(H2,16,19)/t10-/m0/s1. The molecule has 1 amide bonds. The molecule has 0 aliphatic rings. The second kappa shape index (κ2) is 6.52. The third-order valence-corrected chi connectivity index (χ3v) is 2.72. The Labute approximate surface area is 113 Å². The van der Waals surface area contributed by atoms with E-state index >= 15 is 0 Å². The van der Waals surface area contributed by atoms with E-state index in [9.17, 15) is 14.3 Å². The minimum Gasteiger partial charge on any atom is -0.389 e. The molecular formula is C14H21FN2O2. The molecule has 1 aromatic rings. The third-order valence-electron chi connectivity index (χ3n) is 2.72. The molecule has 5 heteroatoms. The van der Waals surface area contributed by atoms with Crippen molar-refractivity contribution in [2.75, 3.05) is 18.0 Å². The maximum Gasteiger partial charge on any atom is 0.236 e. The van der Waals surface area contributed by atoms with Gasteiger partial charge in [-0.05, 0) is 25.0 Å². The number of hydrogen-bond donors (Lipinski definition) is 2. The van der Waals surface area contributed by atoms with Crippen LogP contribution in [0.4, 0.5) is 10.1 Å². The summed E-state index contributed by atoms with van der Waals surface area (Å²) in [5.74, 6) is -0.684. The highest BCUT2D eigenvalue weighted by molar-refractivity contribution is 5.80. The molecule has 0 aromatic heterocycles. The van der Waals surface area contributed by atoms with E-state index in [-0.39, 0.29) is 18.0 Å². The van der Waals surface area contributed by atoms with E-state index in [1.165, 1.54) is 13.0 Å². The number of benzene rings is 1. The summed E-state index contributed by atoms with van der Waals surface area (Å²) in [7, 11) is 0. The maximum atomic E-state index is 13.8. The van der Waals surface area contributed by atoms with E-state index in [4.69, 9.17) is 5.73 Å². The molecule has 0 heterocycles. The zero-order chi connectivity index (χ0) is 14.6. The van der Waals surface area contributed by atoms with Crippen LogP contribution in [-0.2, 0) is 4.79 Å². The van der Waals surface area contributed by atoms with Gasteiger partial charge in [-0.25, -0.2) is 4.39 Å². The molecule has 0 radical (unpaired) electrons. The van der Waals surface area contributed by atoms with Crippen molar-refractivity contribution in [2.24, 2.45) is 11.7 Å². The predicted molar refractivity (Wildman–Crippen MR) is 73.3 cm³/mol. The van der Waals surface area contributed by atoms with Crippen LogP contribution in [0.2, 0.25) is 0 Å². The van der Waals surface area contributed by atoms with Crippen LogP contribution in [0.15, 0.2) is 18.2 Å². The number of carbonyl (C=O) groups is 1. The summed E-state index contributed by atoms with van der Waals surface area (Å²) < 4.78 is 13.8. The lowest BCUT2D eigenvalue weighted by Crippen LogP contribution is -2.37. The van der Waals surface area contributed by atoms with Gasteiger partial charge in [0.25, 0.3) is 0 Å². The summed E-state index contributed by atoms with van der Waals surface area (Å²) in [5.41, 5.74) is 5.95. The van der Waals surface area contributed by atoms with Gasteiger partial charge in [0.05, 0.1) is 12.6 Å². The lowest BCUT2D eigenvalue weighted by Gasteiger charge is -2.28. The number of halogens is 1. The van der Waals surface area contributed by atoms with Gasteiger partial charge in [-0.3, -0.25) is 4.79 Å². The quantitative estimate of drug-likeness (QED) is 0.827. The zero-order valence-electron chi connectivity index (χ0n) is 11.6. The predicted octanol–water partition coefficient (Wildman–Crippen LogP) is 1.83. The van der Waals surface area contributed by atoms with Gasteiger partial charge in [-0.1, -0.05) is 19.9 Å². The van der Waals surface area contributed by atoms with Crippen molar-refractivity contribution in [2.45, 2.75) is 26.9 Å². The van der Waals surface area contributed by atoms with Crippen LogP contribution in [-0.4, -0.2) is 24.1 Å². The van der Waals surface area contributed by atoms with Crippen molar-refractivity contribution in [1.82, 2.24) is 0 Å². The highest BCUT2D eigenvalue weighted by Gasteiger charge is 2.20. The maximum absolute atomic E-state index is 13.8. The summed E-state index contributed by atoms with van der Waals surface area (Å²) in [6.07, 6.45) is -0.946. The van der Waals surface area contributed by atoms with Crippen molar-refractivity contribution >= 4 is 11.6 Å². The van der Waals surface area contributed by atoms with Crippen molar-refractivity contribution in [3.63, 3.8) is 0 Å². The molecule has 19 heavy (non-hydrogen) atoms. The number of nitrogens with two attached hydrogens (primary N) is 1. The third kappa shape index (κ3) is 4.21. The van der Waals surface area contributed by atoms with Crippen LogP contribution in [0.1, 0.15) is 32.4 Å². The van der Waals surface area contributed by atoms with Gasteiger partial charge >= 0.3 is 0 Å². The van der Waals surface area contributed by atoms with Crippen LogP contribution in [0.3, 0.4) is 0 Å². The van der Waals surface area contributed by atoms with Crippen molar-refractivity contribution in [1.29, 1.82) is 0 Å². The van der Waals surface area contributed by atoms with Crippen LogP contribution in [0, 0.1) is 11.7 Å². The molecule has 1 aromatic carbocycles. The Balaban J connectivity index is 3.20. The van der Waals surface area contributed by atoms with E-state index in [2.05, 4.69) is 0 Å². The van der Waals surface area contributed by atoms with Crippen LogP contribution >= 0.6 is 0 Å². The van der Waals surface area contributed by atoms with Crippen molar-refractivity contribution in [3.05, 3.63) is 29.6 Å². The first-order valence-corrected chi connectivity index (χ1v) is 6.32. The molecule has 0 aliphatic carbocycles. The summed E-state index contributed by atoms with van der Waals surface area (Å²) in [6.45, 7) is 6.05. The second-order valence-corrected chi connectivity index (χ2v) is 5.09. The van der Waals surface area contributed by atoms with Gasteiger partial charge in [-0.2, -0.15) is 0 Å². The van der Waals surface area contributed by atoms with E-state index in [0.29, 0.717) is 12.2 Å². The average Bonchev–Trinajstić information content (AvgIpc) is 2.25. The number of aliphatic hydroxyl groups excluding tert-OH is 1. The van der Waals surface area contributed by atoms with Gasteiger partial charge in [0.15, 0.2) is 0 Å². The van der Waals surface area contributed by atoms with Crippen molar-refractivity contribution < 1.29 is 14.3 Å². The van der Waals surface area contributed by atoms with Gasteiger partial charge in [0.2, 0.25) is 5.91 Å². The number of carbonyl (C=O) groups excluding carboxylic acids is 1.